The fourth-order valence-corrected chi connectivity index (χ4v) is 1.95. The molecule has 0 N–H and O–H groups in total. The number of nitrogens with zero attached hydrogens (tertiary/aromatic N) is 1. The fourth-order valence-electron chi connectivity index (χ4n) is 1.95. The minimum Gasteiger partial charge on any atom is -0.372 e. The van der Waals surface area contributed by atoms with Gasteiger partial charge < -0.3 is 4.74 Å². The van der Waals surface area contributed by atoms with Crippen molar-refractivity contribution in [3.05, 3.63) is 35.1 Å². The van der Waals surface area contributed by atoms with Crippen LogP contribution in [0.3, 0.4) is 0 Å². The number of ether oxygens (including phenoxy) is 1. The van der Waals surface area contributed by atoms with Crippen LogP contribution in [0.5, 0.6) is 0 Å². The fraction of sp³-hybridized carbons (Fsp3) is 0.417. The number of hydrogen-bond donors (Lipinski definition) is 0. The zero-order valence-electron chi connectivity index (χ0n) is 8.53. The molecule has 78 valence electrons. The molecule has 1 aliphatic heterocycles. The van der Waals surface area contributed by atoms with Crippen LogP contribution in [-0.4, -0.2) is 6.61 Å². The minimum absolute atomic E-state index is 0.148. The summed E-state index contributed by atoms with van der Waals surface area (Å²) in [6, 6.07) is 6.83. The van der Waals surface area contributed by atoms with Crippen molar-refractivity contribution in [3.63, 3.8) is 0 Å². The second-order valence-corrected chi connectivity index (χ2v) is 3.82. The van der Waals surface area contributed by atoms with Crippen LogP contribution in [0.4, 0.5) is 4.39 Å². The summed E-state index contributed by atoms with van der Waals surface area (Å²) in [5, 5.41) is 8.93. The number of aryl methyl sites for hydroxylation is 1. The second kappa shape index (κ2) is 4.00. The molecule has 1 heterocycles. The molecule has 0 saturated carbocycles. The van der Waals surface area contributed by atoms with Crippen molar-refractivity contribution in [3.8, 4) is 6.07 Å². The van der Waals surface area contributed by atoms with Gasteiger partial charge in [0, 0.05) is 6.61 Å². The Kier molecular flexibility index (Phi) is 2.70. The van der Waals surface area contributed by atoms with E-state index in [1.807, 2.05) is 6.92 Å². The Bertz CT molecular complexity index is 411. The summed E-state index contributed by atoms with van der Waals surface area (Å²) in [7, 11) is 0. The summed E-state index contributed by atoms with van der Waals surface area (Å²) in [4.78, 5) is 0. The van der Waals surface area contributed by atoms with E-state index in [-0.39, 0.29) is 17.8 Å². The molecule has 1 aromatic rings. The highest BCUT2D eigenvalue weighted by Crippen LogP contribution is 2.35. The van der Waals surface area contributed by atoms with Gasteiger partial charge in [-0.25, -0.2) is 4.39 Å². The van der Waals surface area contributed by atoms with Crippen LogP contribution in [0.15, 0.2) is 18.2 Å². The molecule has 0 radical (unpaired) electrons. The third-order valence-electron chi connectivity index (χ3n) is 2.81. The van der Waals surface area contributed by atoms with Crippen LogP contribution < -0.4 is 0 Å². The van der Waals surface area contributed by atoms with Crippen molar-refractivity contribution < 1.29 is 9.13 Å². The third kappa shape index (κ3) is 1.86. The molecule has 0 aliphatic carbocycles. The average Bonchev–Trinajstić information content (AvgIpc) is 2.69. The van der Waals surface area contributed by atoms with E-state index in [1.54, 1.807) is 6.07 Å². The Morgan fingerprint density at radius 2 is 2.33 bits per heavy atom. The molecule has 0 bridgehead atoms. The van der Waals surface area contributed by atoms with Crippen LogP contribution in [0.25, 0.3) is 0 Å². The predicted molar refractivity (Wildman–Crippen MR) is 53.6 cm³/mol. The van der Waals surface area contributed by atoms with Crippen molar-refractivity contribution in [2.24, 2.45) is 5.92 Å². The summed E-state index contributed by atoms with van der Waals surface area (Å²) in [6.07, 6.45) is 0.475. The highest BCUT2D eigenvalue weighted by Gasteiger charge is 2.30. The van der Waals surface area contributed by atoms with Gasteiger partial charge in [-0.3, -0.25) is 0 Å². The first kappa shape index (κ1) is 10.1. The van der Waals surface area contributed by atoms with Crippen molar-refractivity contribution in [1.29, 1.82) is 5.26 Å². The van der Waals surface area contributed by atoms with Crippen molar-refractivity contribution in [2.45, 2.75) is 19.4 Å². The van der Waals surface area contributed by atoms with Gasteiger partial charge in [0.15, 0.2) is 0 Å². The van der Waals surface area contributed by atoms with E-state index in [2.05, 4.69) is 6.07 Å². The zero-order chi connectivity index (χ0) is 10.8. The van der Waals surface area contributed by atoms with Crippen molar-refractivity contribution in [2.75, 3.05) is 6.61 Å². The van der Waals surface area contributed by atoms with Crippen LogP contribution >= 0.6 is 0 Å². The van der Waals surface area contributed by atoms with Crippen LogP contribution in [0.2, 0.25) is 0 Å². The second-order valence-electron chi connectivity index (χ2n) is 3.82. The maximum absolute atomic E-state index is 13.1. The topological polar surface area (TPSA) is 33.0 Å². The van der Waals surface area contributed by atoms with Crippen LogP contribution in [-0.2, 0) is 4.74 Å². The molecule has 0 aromatic heterocycles. The minimum atomic E-state index is -0.275. The normalized spacial score (nSPS) is 25.1. The SMILES string of the molecule is Cc1ccc(F)cc1C1OCCC1C#N. The standard InChI is InChI=1S/C12H12FNO/c1-8-2-3-10(13)6-11(8)12-9(7-14)4-5-15-12/h2-3,6,9,12H,4-5H2,1H3. The van der Waals surface area contributed by atoms with Crippen molar-refractivity contribution >= 4 is 0 Å². The van der Waals surface area contributed by atoms with Gasteiger partial charge in [0.1, 0.15) is 5.82 Å². The molecule has 1 saturated heterocycles. The van der Waals surface area contributed by atoms with Gasteiger partial charge in [0.05, 0.1) is 18.1 Å². The summed E-state index contributed by atoms with van der Waals surface area (Å²) in [6.45, 7) is 2.49. The van der Waals surface area contributed by atoms with Gasteiger partial charge in [-0.15, -0.1) is 0 Å². The van der Waals surface area contributed by atoms with Gasteiger partial charge in [-0.2, -0.15) is 5.26 Å². The first-order valence-corrected chi connectivity index (χ1v) is 4.99. The van der Waals surface area contributed by atoms with E-state index in [4.69, 9.17) is 10.00 Å². The lowest BCUT2D eigenvalue weighted by molar-refractivity contribution is 0.0999. The molecule has 1 fully saturated rings. The number of halogens is 1. The molecule has 2 rings (SSSR count). The molecule has 2 unspecified atom stereocenters. The van der Waals surface area contributed by atoms with E-state index in [0.717, 1.165) is 17.5 Å². The summed E-state index contributed by atoms with van der Waals surface area (Å²) in [5.41, 5.74) is 1.78. The molecule has 2 nitrogen and oxygen atoms in total. The molecule has 1 aliphatic rings. The van der Waals surface area contributed by atoms with Crippen molar-refractivity contribution in [1.82, 2.24) is 0 Å². The smallest absolute Gasteiger partial charge is 0.123 e. The van der Waals surface area contributed by atoms with Gasteiger partial charge in [0.25, 0.3) is 0 Å². The Morgan fingerprint density at radius 3 is 3.07 bits per heavy atom. The Balaban J connectivity index is 2.36. The quantitative estimate of drug-likeness (QED) is 0.706. The average molecular weight is 205 g/mol. The van der Waals surface area contributed by atoms with E-state index < -0.39 is 0 Å². The molecule has 2 atom stereocenters. The largest absolute Gasteiger partial charge is 0.372 e. The highest BCUT2D eigenvalue weighted by atomic mass is 19.1. The van der Waals surface area contributed by atoms with Gasteiger partial charge >= 0.3 is 0 Å². The molecule has 15 heavy (non-hydrogen) atoms. The van der Waals surface area contributed by atoms with E-state index in [0.29, 0.717) is 6.61 Å². The number of nitriles is 1. The van der Waals surface area contributed by atoms with Gasteiger partial charge in [-0.1, -0.05) is 6.07 Å². The molecule has 1 aromatic carbocycles. The first-order valence-electron chi connectivity index (χ1n) is 4.99. The Labute approximate surface area is 88.3 Å². The van der Waals surface area contributed by atoms with Crippen LogP contribution in [0.1, 0.15) is 23.7 Å². The summed E-state index contributed by atoms with van der Waals surface area (Å²) in [5.74, 6) is -0.423. The summed E-state index contributed by atoms with van der Waals surface area (Å²) < 4.78 is 18.6. The van der Waals surface area contributed by atoms with Gasteiger partial charge in [-0.05, 0) is 36.6 Å². The molecule has 0 amide bonds. The predicted octanol–water partition coefficient (Wildman–Crippen LogP) is 2.74. The third-order valence-corrected chi connectivity index (χ3v) is 2.81. The first-order chi connectivity index (χ1) is 7.22. The van der Waals surface area contributed by atoms with Crippen LogP contribution in [0, 0.1) is 30.0 Å². The molecular weight excluding hydrogens is 193 g/mol. The van der Waals surface area contributed by atoms with E-state index in [9.17, 15) is 4.39 Å². The lowest BCUT2D eigenvalue weighted by atomic mass is 9.93. The number of rotatable bonds is 1. The number of benzene rings is 1. The molecule has 3 heteroatoms. The Morgan fingerprint density at radius 1 is 1.53 bits per heavy atom. The monoisotopic (exact) mass is 205 g/mol. The van der Waals surface area contributed by atoms with Gasteiger partial charge in [0.2, 0.25) is 0 Å². The lowest BCUT2D eigenvalue weighted by Crippen LogP contribution is -2.07. The lowest BCUT2D eigenvalue weighted by Gasteiger charge is -2.15. The zero-order valence-corrected chi connectivity index (χ0v) is 8.53. The molecule has 0 spiro atoms. The molecular formula is C12H12FNO. The maximum Gasteiger partial charge on any atom is 0.123 e. The Hall–Kier alpha value is -1.40. The highest BCUT2D eigenvalue weighted by molar-refractivity contribution is 5.30. The van der Waals surface area contributed by atoms with E-state index in [1.165, 1.54) is 12.1 Å². The summed E-state index contributed by atoms with van der Waals surface area (Å²) >= 11 is 0. The number of hydrogen-bond acceptors (Lipinski definition) is 2. The maximum atomic E-state index is 13.1. The van der Waals surface area contributed by atoms with E-state index >= 15 is 0 Å².